The standard InChI is InChI=1S/C27H40BBr2N3/c1-17(2)21-13-11-14-22(18(3)4)25(21)32-27(31(9)10)33(28(32,29)30)26-23(19(5)6)15-12-16-24(26)20(7)8/h11-20H,1-10H3. The lowest BCUT2D eigenvalue weighted by Crippen LogP contribution is -2.72. The van der Waals surface area contributed by atoms with E-state index in [0.29, 0.717) is 23.7 Å². The first-order valence-corrected chi connectivity index (χ1v) is 14.1. The van der Waals surface area contributed by atoms with Crippen molar-refractivity contribution in [2.75, 3.05) is 18.9 Å². The molecule has 1 aliphatic heterocycles. The van der Waals surface area contributed by atoms with E-state index in [2.05, 4.69) is 152 Å². The molecule has 1 heterocycles. The largest absolute Gasteiger partial charge is 0.450 e. The number of para-hydroxylation sites is 2. The van der Waals surface area contributed by atoms with E-state index in [1.165, 1.54) is 39.6 Å². The Bertz CT molecular complexity index is 1000. The Hall–Kier alpha value is -1.27. The van der Waals surface area contributed by atoms with E-state index in [1.807, 2.05) is 0 Å². The van der Waals surface area contributed by atoms with Gasteiger partial charge >= 0.3 is 4.06 Å². The molecule has 2 aromatic carbocycles. The van der Waals surface area contributed by atoms with Gasteiger partial charge in [0.1, 0.15) is 0 Å². The van der Waals surface area contributed by atoms with Crippen molar-refractivity contribution in [2.24, 2.45) is 0 Å². The first-order chi connectivity index (χ1) is 15.3. The SMILES string of the molecule is CC(C)c1cccc(C(C)C)c1N1C(N(C)C)=[N+](c2c(C(C)C)cccc2C(C)C)[B-]1(Br)Br. The van der Waals surface area contributed by atoms with Crippen molar-refractivity contribution in [3.8, 4) is 0 Å². The Morgan fingerprint density at radius 1 is 0.697 bits per heavy atom. The summed E-state index contributed by atoms with van der Waals surface area (Å²) in [5.74, 6) is 2.90. The highest BCUT2D eigenvalue weighted by Gasteiger charge is 2.55. The highest BCUT2D eigenvalue weighted by molar-refractivity contribution is 9.50. The molecule has 0 fully saturated rings. The molecule has 1 aliphatic rings. The molecule has 0 aliphatic carbocycles. The van der Waals surface area contributed by atoms with E-state index >= 15 is 0 Å². The van der Waals surface area contributed by atoms with Gasteiger partial charge in [-0.15, -0.1) is 0 Å². The van der Waals surface area contributed by atoms with Gasteiger partial charge in [0.25, 0.3) is 5.96 Å². The van der Waals surface area contributed by atoms with Gasteiger partial charge in [-0.2, -0.15) is 0 Å². The predicted molar refractivity (Wildman–Crippen MR) is 154 cm³/mol. The van der Waals surface area contributed by atoms with Crippen LogP contribution in [0.2, 0.25) is 0 Å². The quantitative estimate of drug-likeness (QED) is 0.319. The first-order valence-electron chi connectivity index (χ1n) is 12.2. The number of halogens is 2. The summed E-state index contributed by atoms with van der Waals surface area (Å²) < 4.78 is 1.09. The molecular formula is C27H40BBr2N3. The molecule has 0 unspecified atom stereocenters. The van der Waals surface area contributed by atoms with Crippen molar-refractivity contribution in [3.63, 3.8) is 0 Å². The van der Waals surface area contributed by atoms with Gasteiger partial charge in [0, 0.05) is 0 Å². The molecule has 33 heavy (non-hydrogen) atoms. The second kappa shape index (κ2) is 9.77. The maximum absolute atomic E-state index is 4.20. The normalized spacial score (nSPS) is 15.8. The van der Waals surface area contributed by atoms with Crippen LogP contribution in [0.4, 0.5) is 11.4 Å². The van der Waals surface area contributed by atoms with E-state index in [1.54, 1.807) is 0 Å². The van der Waals surface area contributed by atoms with E-state index in [4.69, 9.17) is 0 Å². The Balaban J connectivity index is 2.42. The molecule has 0 amide bonds. The van der Waals surface area contributed by atoms with E-state index in [9.17, 15) is 0 Å². The van der Waals surface area contributed by atoms with Crippen LogP contribution in [0.25, 0.3) is 0 Å². The smallest absolute Gasteiger partial charge is 0.370 e. The maximum atomic E-state index is 4.20. The highest BCUT2D eigenvalue weighted by Crippen LogP contribution is 2.50. The molecule has 0 bridgehead atoms. The average Bonchev–Trinajstić information content (AvgIpc) is 2.71. The molecule has 0 saturated heterocycles. The molecule has 0 spiro atoms. The molecule has 180 valence electrons. The summed E-state index contributed by atoms with van der Waals surface area (Å²) in [6.07, 6.45) is 0. The minimum atomic E-state index is -1.40. The molecule has 0 N–H and O–H groups in total. The van der Waals surface area contributed by atoms with Gasteiger partial charge in [-0.1, -0.05) is 91.8 Å². The van der Waals surface area contributed by atoms with Crippen LogP contribution in [-0.2, 0) is 0 Å². The summed E-state index contributed by atoms with van der Waals surface area (Å²) in [6, 6.07) is 13.6. The molecule has 0 aromatic heterocycles. The summed E-state index contributed by atoms with van der Waals surface area (Å²) in [7, 11) is 4.31. The van der Waals surface area contributed by atoms with Crippen molar-refractivity contribution < 1.29 is 4.49 Å². The number of benzene rings is 2. The van der Waals surface area contributed by atoms with Gasteiger partial charge in [-0.3, -0.25) is 4.90 Å². The topological polar surface area (TPSA) is 9.49 Å². The third-order valence-electron chi connectivity index (χ3n) is 6.62. The lowest BCUT2D eigenvalue weighted by Gasteiger charge is -2.55. The molecule has 3 nitrogen and oxygen atoms in total. The van der Waals surface area contributed by atoms with Crippen molar-refractivity contribution in [1.29, 1.82) is 0 Å². The van der Waals surface area contributed by atoms with Crippen LogP contribution < -0.4 is 4.81 Å². The third kappa shape index (κ3) is 4.54. The lowest BCUT2D eigenvalue weighted by molar-refractivity contribution is -0.312. The third-order valence-corrected chi connectivity index (χ3v) is 8.26. The predicted octanol–water partition coefficient (Wildman–Crippen LogP) is 8.49. The summed E-state index contributed by atoms with van der Waals surface area (Å²) in [6.45, 7) is 18.3. The second-order valence-electron chi connectivity index (χ2n) is 10.7. The summed E-state index contributed by atoms with van der Waals surface area (Å²) in [5, 5.41) is 0. The van der Waals surface area contributed by atoms with E-state index in [-0.39, 0.29) is 0 Å². The summed E-state index contributed by atoms with van der Waals surface area (Å²) in [5.41, 5.74) is 8.17. The van der Waals surface area contributed by atoms with Gasteiger partial charge in [-0.05, 0) is 45.9 Å². The number of nitrogens with zero attached hydrogens (tertiary/aromatic N) is 3. The lowest BCUT2D eigenvalue weighted by atomic mass is 9.84. The van der Waals surface area contributed by atoms with Crippen molar-refractivity contribution in [1.82, 2.24) is 4.90 Å². The fourth-order valence-corrected chi connectivity index (χ4v) is 6.53. The zero-order valence-electron chi connectivity index (χ0n) is 21.9. The monoisotopic (exact) mass is 575 g/mol. The number of guanidine groups is 1. The van der Waals surface area contributed by atoms with Gasteiger partial charge in [0.2, 0.25) is 0 Å². The molecule has 0 atom stereocenters. The van der Waals surface area contributed by atoms with Crippen LogP contribution in [0.1, 0.15) is 101 Å². The Morgan fingerprint density at radius 3 is 1.39 bits per heavy atom. The van der Waals surface area contributed by atoms with Crippen molar-refractivity contribution >= 4 is 52.9 Å². The zero-order valence-corrected chi connectivity index (χ0v) is 25.1. The molecule has 3 rings (SSSR count). The first kappa shape index (κ1) is 26.3. The van der Waals surface area contributed by atoms with E-state index in [0.717, 1.165) is 0 Å². The molecular weight excluding hydrogens is 537 g/mol. The van der Waals surface area contributed by atoms with Crippen LogP contribution in [0, 0.1) is 0 Å². The van der Waals surface area contributed by atoms with Gasteiger partial charge in [0.05, 0.1) is 25.5 Å². The Morgan fingerprint density at radius 2 is 1.06 bits per heavy atom. The average molecular weight is 577 g/mol. The van der Waals surface area contributed by atoms with Crippen molar-refractivity contribution in [3.05, 3.63) is 58.7 Å². The summed E-state index contributed by atoms with van der Waals surface area (Å²) in [4.78, 5) is 4.75. The Kier molecular flexibility index (Phi) is 7.80. The molecule has 0 radical (unpaired) electrons. The van der Waals surface area contributed by atoms with Gasteiger partial charge < -0.3 is 9.30 Å². The van der Waals surface area contributed by atoms with Gasteiger partial charge in [0.15, 0.2) is 0 Å². The van der Waals surface area contributed by atoms with Crippen LogP contribution in [0.15, 0.2) is 36.4 Å². The number of rotatable bonds is 6. The minimum Gasteiger partial charge on any atom is -0.370 e. The maximum Gasteiger partial charge on any atom is 0.450 e. The molecule has 2 aromatic rings. The second-order valence-corrected chi connectivity index (χ2v) is 14.5. The molecule has 0 saturated carbocycles. The minimum absolute atomic E-state index is 0.428. The van der Waals surface area contributed by atoms with Gasteiger partial charge in [-0.25, -0.2) is 31.5 Å². The number of hydrogen-bond acceptors (Lipinski definition) is 2. The molecule has 6 heteroatoms. The fourth-order valence-electron chi connectivity index (χ4n) is 4.97. The number of anilines is 1. The Labute approximate surface area is 218 Å². The summed E-state index contributed by atoms with van der Waals surface area (Å²) >= 11 is 8.39. The van der Waals surface area contributed by atoms with Crippen LogP contribution >= 0.6 is 31.5 Å². The van der Waals surface area contributed by atoms with E-state index < -0.39 is 4.06 Å². The van der Waals surface area contributed by atoms with Crippen LogP contribution in [0.3, 0.4) is 0 Å². The van der Waals surface area contributed by atoms with Crippen LogP contribution in [0.5, 0.6) is 0 Å². The van der Waals surface area contributed by atoms with Crippen LogP contribution in [-0.4, -0.2) is 33.5 Å². The fraction of sp³-hybridized carbons (Fsp3) is 0.519. The highest BCUT2D eigenvalue weighted by atomic mass is 79.9. The van der Waals surface area contributed by atoms with Crippen molar-refractivity contribution in [2.45, 2.75) is 79.1 Å². The number of hydrogen-bond donors (Lipinski definition) is 0. The zero-order chi connectivity index (χ0) is 24.8.